The molecule has 2 aliphatic carbocycles. The van der Waals surface area contributed by atoms with Gasteiger partial charge in [-0.3, -0.25) is 29.5 Å². The SMILES string of the molecule is COc1ccc([C@@]23C(=O)N(Nc4ccc(Cl)cc4Cl)C(=O)[C@@H]2C[C@@H]2C(=CC[C@@H]4C(=O)N(c5ccc(N6CCOCC6)cc5)C(=O)[C@@H]42)[C@@H]3c2cc(Br)c(O)c(OC)c2)cc1. The van der Waals surface area contributed by atoms with Crippen molar-refractivity contribution in [3.63, 3.8) is 0 Å². The number of carbonyl (C=O) groups excluding carboxylic acids is 4. The van der Waals surface area contributed by atoms with E-state index in [1.807, 2.05) is 18.2 Å². The molecule has 0 spiro atoms. The minimum atomic E-state index is -1.59. The monoisotopic (exact) mass is 900 g/mol. The zero-order valence-corrected chi connectivity index (χ0v) is 35.1. The summed E-state index contributed by atoms with van der Waals surface area (Å²) in [6.45, 7) is 2.73. The fourth-order valence-electron chi connectivity index (χ4n) is 10.0. The Morgan fingerprint density at radius 1 is 0.847 bits per heavy atom. The molecule has 3 heterocycles. The number of hydrazine groups is 1. The molecule has 5 aliphatic rings. The van der Waals surface area contributed by atoms with Crippen LogP contribution in [0.3, 0.4) is 0 Å². The maximum absolute atomic E-state index is 15.6. The lowest BCUT2D eigenvalue weighted by Crippen LogP contribution is -2.53. The maximum Gasteiger partial charge on any atom is 0.260 e. The molecule has 0 radical (unpaired) electrons. The number of imide groups is 2. The van der Waals surface area contributed by atoms with Crippen LogP contribution in [0.4, 0.5) is 17.1 Å². The molecule has 9 rings (SSSR count). The summed E-state index contributed by atoms with van der Waals surface area (Å²) in [4.78, 5) is 63.4. The molecular weight excluding hydrogens is 863 g/mol. The third-order valence-electron chi connectivity index (χ3n) is 12.7. The lowest BCUT2D eigenvalue weighted by Gasteiger charge is -2.50. The summed E-state index contributed by atoms with van der Waals surface area (Å²) >= 11 is 16.3. The van der Waals surface area contributed by atoms with E-state index < -0.39 is 46.8 Å². The van der Waals surface area contributed by atoms with E-state index in [4.69, 9.17) is 37.4 Å². The van der Waals surface area contributed by atoms with E-state index in [1.54, 1.807) is 67.8 Å². The molecular formula is C44H39BrCl2N4O8. The summed E-state index contributed by atoms with van der Waals surface area (Å²) in [6, 6.07) is 22.6. The minimum Gasteiger partial charge on any atom is -0.503 e. The van der Waals surface area contributed by atoms with Crippen molar-refractivity contribution in [2.75, 3.05) is 55.7 Å². The Balaban J connectivity index is 1.19. The van der Waals surface area contributed by atoms with Crippen LogP contribution in [0.1, 0.15) is 29.9 Å². The Labute approximate surface area is 358 Å². The Bertz CT molecular complexity index is 2420. The molecule has 12 nitrogen and oxygen atoms in total. The van der Waals surface area contributed by atoms with E-state index in [9.17, 15) is 14.7 Å². The first-order valence-corrected chi connectivity index (χ1v) is 20.8. The number of ether oxygens (including phenoxy) is 3. The van der Waals surface area contributed by atoms with Crippen LogP contribution in [0.2, 0.25) is 10.0 Å². The van der Waals surface area contributed by atoms with Gasteiger partial charge in [0.05, 0.1) is 71.5 Å². The molecule has 4 fully saturated rings. The summed E-state index contributed by atoms with van der Waals surface area (Å²) in [5.41, 5.74) is 5.00. The number of aromatic hydroxyl groups is 1. The highest BCUT2D eigenvalue weighted by Crippen LogP contribution is 2.65. The number of nitrogens with one attached hydrogen (secondary N) is 1. The van der Waals surface area contributed by atoms with Gasteiger partial charge in [0.1, 0.15) is 5.75 Å². The number of hydrogen-bond acceptors (Lipinski definition) is 10. The van der Waals surface area contributed by atoms with Crippen molar-refractivity contribution in [3.8, 4) is 17.2 Å². The van der Waals surface area contributed by atoms with Crippen molar-refractivity contribution in [1.82, 2.24) is 5.01 Å². The number of nitrogens with zero attached hydrogens (tertiary/aromatic N) is 3. The van der Waals surface area contributed by atoms with Gasteiger partial charge in [0.15, 0.2) is 11.5 Å². The van der Waals surface area contributed by atoms with Crippen molar-refractivity contribution >= 4 is 79.8 Å². The van der Waals surface area contributed by atoms with Crippen molar-refractivity contribution in [3.05, 3.63) is 116 Å². The number of phenols is 1. The maximum atomic E-state index is 15.6. The van der Waals surface area contributed by atoms with Gasteiger partial charge in [-0.25, -0.2) is 0 Å². The van der Waals surface area contributed by atoms with E-state index >= 15 is 9.59 Å². The third kappa shape index (κ3) is 6.19. The molecule has 1 saturated carbocycles. The van der Waals surface area contributed by atoms with Crippen LogP contribution in [0.5, 0.6) is 17.2 Å². The Morgan fingerprint density at radius 2 is 1.56 bits per heavy atom. The van der Waals surface area contributed by atoms with Crippen LogP contribution in [0, 0.1) is 23.7 Å². The van der Waals surface area contributed by atoms with Gasteiger partial charge in [-0.1, -0.05) is 47.0 Å². The van der Waals surface area contributed by atoms with Crippen LogP contribution in [0.15, 0.2) is 95.0 Å². The van der Waals surface area contributed by atoms with Crippen molar-refractivity contribution in [1.29, 1.82) is 0 Å². The predicted octanol–water partition coefficient (Wildman–Crippen LogP) is 7.50. The smallest absolute Gasteiger partial charge is 0.260 e. The van der Waals surface area contributed by atoms with Crippen LogP contribution in [0.25, 0.3) is 0 Å². The fourth-order valence-corrected chi connectivity index (χ4v) is 10.9. The van der Waals surface area contributed by atoms with Crippen molar-refractivity contribution in [2.24, 2.45) is 23.7 Å². The summed E-state index contributed by atoms with van der Waals surface area (Å²) in [5.74, 6) is -5.19. The fraction of sp³-hybridized carbons (Fsp3) is 0.318. The number of rotatable bonds is 8. The summed E-state index contributed by atoms with van der Waals surface area (Å²) < 4.78 is 16.9. The van der Waals surface area contributed by atoms with E-state index in [2.05, 4.69) is 26.3 Å². The topological polar surface area (TPSA) is 138 Å². The molecule has 2 N–H and O–H groups in total. The quantitative estimate of drug-likeness (QED) is 0.135. The molecule has 0 unspecified atom stereocenters. The summed E-state index contributed by atoms with van der Waals surface area (Å²) in [5, 5.41) is 12.6. The van der Waals surface area contributed by atoms with Gasteiger partial charge in [-0.2, -0.15) is 5.01 Å². The normalized spacial score (nSPS) is 26.4. The average Bonchev–Trinajstić information content (AvgIpc) is 3.63. The molecule has 15 heteroatoms. The number of hydrogen-bond donors (Lipinski definition) is 2. The number of allylic oxidation sites excluding steroid dienone is 2. The standard InChI is InChI=1S/C44H39BrCl2N4O8/c1-57-28-10-3-24(4-11-28)44-32(41(54)51(43(44)56)48-35-14-5-25(46)21-34(35)47)22-31-29(38(44)23-19-33(45)39(52)36(20-23)58-2)12-13-30-37(31)42(55)50(40(30)53)27-8-6-26(7-9-27)49-15-17-59-18-16-49/h3-12,14,19-21,30-32,37-38,48,52H,13,15-18,22H2,1-2H3/t30-,31+,32-,37-,38-,44+/m0/s1. The highest BCUT2D eigenvalue weighted by atomic mass is 79.9. The molecule has 4 aromatic carbocycles. The molecule has 304 valence electrons. The number of morpholine rings is 1. The van der Waals surface area contributed by atoms with Gasteiger partial charge >= 0.3 is 0 Å². The average molecular weight is 903 g/mol. The Kier molecular flexibility index (Phi) is 10.1. The first-order valence-electron chi connectivity index (χ1n) is 19.3. The van der Waals surface area contributed by atoms with Crippen LogP contribution >= 0.6 is 39.1 Å². The zero-order valence-electron chi connectivity index (χ0n) is 32.0. The van der Waals surface area contributed by atoms with E-state index in [1.165, 1.54) is 18.1 Å². The minimum absolute atomic E-state index is 0.0891. The Morgan fingerprint density at radius 3 is 2.24 bits per heavy atom. The molecule has 4 aromatic rings. The van der Waals surface area contributed by atoms with E-state index in [0.717, 1.165) is 29.4 Å². The second kappa shape index (κ2) is 15.2. The number of amides is 4. The highest BCUT2D eigenvalue weighted by Gasteiger charge is 2.70. The predicted molar refractivity (Wildman–Crippen MR) is 225 cm³/mol. The van der Waals surface area contributed by atoms with Gasteiger partial charge < -0.3 is 24.2 Å². The van der Waals surface area contributed by atoms with Crippen LogP contribution < -0.4 is 24.7 Å². The van der Waals surface area contributed by atoms with E-state index in [-0.39, 0.29) is 46.9 Å². The molecule has 4 amide bonds. The number of anilines is 3. The zero-order chi connectivity index (χ0) is 41.3. The van der Waals surface area contributed by atoms with Crippen LogP contribution in [-0.2, 0) is 29.3 Å². The number of benzene rings is 4. The first-order chi connectivity index (χ1) is 28.5. The van der Waals surface area contributed by atoms with Gasteiger partial charge in [0.25, 0.3) is 11.8 Å². The first kappa shape index (κ1) is 39.4. The lowest BCUT2D eigenvalue weighted by atomic mass is 9.49. The number of carbonyl (C=O) groups is 4. The van der Waals surface area contributed by atoms with Gasteiger partial charge in [-0.15, -0.1) is 0 Å². The number of halogens is 3. The lowest BCUT2D eigenvalue weighted by molar-refractivity contribution is -0.138. The Hall–Kier alpha value is -5.08. The van der Waals surface area contributed by atoms with Gasteiger partial charge in [-0.05, 0) is 113 Å². The second-order valence-corrected chi connectivity index (χ2v) is 17.1. The van der Waals surface area contributed by atoms with Gasteiger partial charge in [0.2, 0.25) is 11.8 Å². The number of fused-ring (bicyclic) bond motifs is 4. The third-order valence-corrected chi connectivity index (χ3v) is 13.8. The molecule has 59 heavy (non-hydrogen) atoms. The van der Waals surface area contributed by atoms with Gasteiger partial charge in [0, 0.05) is 29.7 Å². The summed E-state index contributed by atoms with van der Waals surface area (Å²) in [7, 11) is 2.97. The van der Waals surface area contributed by atoms with Crippen molar-refractivity contribution in [2.45, 2.75) is 24.2 Å². The second-order valence-electron chi connectivity index (χ2n) is 15.4. The largest absolute Gasteiger partial charge is 0.503 e. The molecule has 3 aliphatic heterocycles. The molecule has 0 bridgehead atoms. The van der Waals surface area contributed by atoms with Crippen molar-refractivity contribution < 1.29 is 38.5 Å². The number of methoxy groups -OCH3 is 2. The molecule has 0 aromatic heterocycles. The molecule has 3 saturated heterocycles. The number of phenolic OH excluding ortho intramolecular Hbond substituents is 1. The van der Waals surface area contributed by atoms with E-state index in [0.29, 0.717) is 45.3 Å². The highest BCUT2D eigenvalue weighted by molar-refractivity contribution is 9.10. The summed E-state index contributed by atoms with van der Waals surface area (Å²) in [6.07, 6.45) is 2.31. The van der Waals surface area contributed by atoms with Crippen LogP contribution in [-0.4, -0.2) is 74.3 Å². The molecule has 6 atom stereocenters.